The van der Waals surface area contributed by atoms with Crippen molar-refractivity contribution in [2.24, 2.45) is 7.05 Å². The zero-order valence-corrected chi connectivity index (χ0v) is 11.9. The minimum atomic E-state index is 0.0688. The number of nitrogens with one attached hydrogen (secondary N) is 1. The Morgan fingerprint density at radius 2 is 2.44 bits per heavy atom. The maximum atomic E-state index is 6.22. The Morgan fingerprint density at radius 3 is 3.00 bits per heavy atom. The van der Waals surface area contributed by atoms with Crippen molar-refractivity contribution >= 4 is 11.6 Å². The molecule has 2 heterocycles. The first-order valence-electron chi connectivity index (χ1n) is 6.36. The molecule has 1 saturated heterocycles. The van der Waals surface area contributed by atoms with Crippen LogP contribution in [0.15, 0.2) is 6.20 Å². The summed E-state index contributed by atoms with van der Waals surface area (Å²) in [6, 6.07) is 0.0688. The molecule has 2 atom stereocenters. The quantitative estimate of drug-likeness (QED) is 0.890. The van der Waals surface area contributed by atoms with Gasteiger partial charge >= 0.3 is 0 Å². The molecule has 1 aliphatic rings. The van der Waals surface area contributed by atoms with E-state index in [2.05, 4.69) is 22.2 Å². The van der Waals surface area contributed by atoms with E-state index in [9.17, 15) is 0 Å². The number of rotatable bonds is 4. The third-order valence-corrected chi connectivity index (χ3v) is 3.83. The number of halogens is 1. The highest BCUT2D eigenvalue weighted by Crippen LogP contribution is 2.27. The van der Waals surface area contributed by atoms with Gasteiger partial charge in [0.2, 0.25) is 0 Å². The number of nitrogens with zero attached hydrogens (tertiary/aromatic N) is 3. The van der Waals surface area contributed by atoms with Gasteiger partial charge in [-0.25, -0.2) is 0 Å². The van der Waals surface area contributed by atoms with Crippen LogP contribution in [0.5, 0.6) is 0 Å². The minimum absolute atomic E-state index is 0.0688. The van der Waals surface area contributed by atoms with Gasteiger partial charge in [-0.1, -0.05) is 18.5 Å². The summed E-state index contributed by atoms with van der Waals surface area (Å²) in [5.74, 6) is 0. The number of likely N-dealkylation sites (N-methyl/N-ethyl adjacent to an activating group) is 2. The molecule has 18 heavy (non-hydrogen) atoms. The lowest BCUT2D eigenvalue weighted by Crippen LogP contribution is -2.48. The fraction of sp³-hybridized carbons (Fsp3) is 0.750. The van der Waals surface area contributed by atoms with Gasteiger partial charge in [-0.3, -0.25) is 9.58 Å². The van der Waals surface area contributed by atoms with Crippen molar-refractivity contribution in [1.82, 2.24) is 20.0 Å². The molecule has 0 aromatic carbocycles. The molecule has 0 bridgehead atoms. The molecule has 0 saturated carbocycles. The topological polar surface area (TPSA) is 42.3 Å². The van der Waals surface area contributed by atoms with E-state index in [1.54, 1.807) is 6.20 Å². The summed E-state index contributed by atoms with van der Waals surface area (Å²) in [7, 11) is 3.84. The SMILES string of the molecule is CCN1CCOC(C(NC)c2c(Cl)cnn2C)C1. The standard InChI is InChI=1S/C12H21ClN4O/c1-4-17-5-6-18-10(8-17)11(14-2)12-9(13)7-15-16(12)3/h7,10-11,14H,4-6,8H2,1-3H3. The van der Waals surface area contributed by atoms with Crippen LogP contribution in [-0.4, -0.2) is 54.1 Å². The van der Waals surface area contributed by atoms with Crippen molar-refractivity contribution in [3.63, 3.8) is 0 Å². The van der Waals surface area contributed by atoms with Gasteiger partial charge in [0, 0.05) is 20.1 Å². The molecule has 1 aromatic heterocycles. The summed E-state index contributed by atoms with van der Waals surface area (Å²) < 4.78 is 7.71. The molecule has 1 N–H and O–H groups in total. The average molecular weight is 273 g/mol. The number of hydrogen-bond donors (Lipinski definition) is 1. The lowest BCUT2D eigenvalue weighted by molar-refractivity contribution is -0.0456. The molecule has 0 aliphatic carbocycles. The molecule has 102 valence electrons. The lowest BCUT2D eigenvalue weighted by Gasteiger charge is -2.36. The van der Waals surface area contributed by atoms with Crippen molar-refractivity contribution in [1.29, 1.82) is 0 Å². The van der Waals surface area contributed by atoms with Crippen molar-refractivity contribution in [2.45, 2.75) is 19.1 Å². The molecule has 2 unspecified atom stereocenters. The van der Waals surface area contributed by atoms with Crippen molar-refractivity contribution in [3.05, 3.63) is 16.9 Å². The molecule has 0 amide bonds. The van der Waals surface area contributed by atoms with Crippen LogP contribution in [0.1, 0.15) is 18.7 Å². The molecule has 2 rings (SSSR count). The van der Waals surface area contributed by atoms with Gasteiger partial charge in [0.05, 0.1) is 35.7 Å². The summed E-state index contributed by atoms with van der Waals surface area (Å²) >= 11 is 6.22. The van der Waals surface area contributed by atoms with Gasteiger partial charge in [0.25, 0.3) is 0 Å². The molecule has 1 aromatic rings. The van der Waals surface area contributed by atoms with E-state index in [0.29, 0.717) is 5.02 Å². The first kappa shape index (κ1) is 13.8. The number of aromatic nitrogens is 2. The Labute approximate surface area is 113 Å². The van der Waals surface area contributed by atoms with Gasteiger partial charge in [0.1, 0.15) is 0 Å². The van der Waals surface area contributed by atoms with E-state index in [1.165, 1.54) is 0 Å². The van der Waals surface area contributed by atoms with Crippen LogP contribution in [0.3, 0.4) is 0 Å². The highest BCUT2D eigenvalue weighted by atomic mass is 35.5. The van der Waals surface area contributed by atoms with Crippen LogP contribution in [0, 0.1) is 0 Å². The van der Waals surface area contributed by atoms with E-state index in [-0.39, 0.29) is 12.1 Å². The second-order valence-electron chi connectivity index (χ2n) is 4.57. The Bertz CT molecular complexity index is 376. The molecule has 0 radical (unpaired) electrons. The van der Waals surface area contributed by atoms with E-state index >= 15 is 0 Å². The van der Waals surface area contributed by atoms with Gasteiger partial charge in [-0.05, 0) is 13.6 Å². The largest absolute Gasteiger partial charge is 0.374 e. The molecule has 0 spiro atoms. The summed E-state index contributed by atoms with van der Waals surface area (Å²) in [6.45, 7) is 5.92. The highest BCUT2D eigenvalue weighted by molar-refractivity contribution is 6.31. The Balaban J connectivity index is 2.18. The zero-order chi connectivity index (χ0) is 13.1. The molecule has 1 aliphatic heterocycles. The fourth-order valence-electron chi connectivity index (χ4n) is 2.49. The first-order chi connectivity index (χ1) is 8.67. The van der Waals surface area contributed by atoms with E-state index < -0.39 is 0 Å². The van der Waals surface area contributed by atoms with Crippen molar-refractivity contribution < 1.29 is 4.74 Å². The van der Waals surface area contributed by atoms with Crippen LogP contribution in [0.25, 0.3) is 0 Å². The predicted octanol–water partition coefficient (Wildman–Crippen LogP) is 1.05. The lowest BCUT2D eigenvalue weighted by atomic mass is 10.1. The van der Waals surface area contributed by atoms with Gasteiger partial charge in [-0.15, -0.1) is 0 Å². The number of ether oxygens (including phenoxy) is 1. The summed E-state index contributed by atoms with van der Waals surface area (Å²) in [5.41, 5.74) is 0.988. The van der Waals surface area contributed by atoms with Crippen molar-refractivity contribution in [3.8, 4) is 0 Å². The maximum absolute atomic E-state index is 6.22. The van der Waals surface area contributed by atoms with Crippen LogP contribution in [-0.2, 0) is 11.8 Å². The summed E-state index contributed by atoms with van der Waals surface area (Å²) in [6.07, 6.45) is 1.79. The summed E-state index contributed by atoms with van der Waals surface area (Å²) in [4.78, 5) is 2.39. The Kier molecular flexibility index (Phi) is 4.61. The monoisotopic (exact) mass is 272 g/mol. The van der Waals surface area contributed by atoms with Crippen molar-refractivity contribution in [2.75, 3.05) is 33.3 Å². The van der Waals surface area contributed by atoms with Gasteiger partial charge in [0.15, 0.2) is 0 Å². The van der Waals surface area contributed by atoms with Crippen LogP contribution in [0.4, 0.5) is 0 Å². The van der Waals surface area contributed by atoms with Crippen LogP contribution < -0.4 is 5.32 Å². The molecule has 1 fully saturated rings. The summed E-state index contributed by atoms with van der Waals surface area (Å²) in [5, 5.41) is 8.19. The fourth-order valence-corrected chi connectivity index (χ4v) is 2.77. The number of morpholine rings is 1. The number of hydrogen-bond acceptors (Lipinski definition) is 4. The highest BCUT2D eigenvalue weighted by Gasteiger charge is 2.31. The number of aryl methyl sites for hydroxylation is 1. The molecular weight excluding hydrogens is 252 g/mol. The molecular formula is C12H21ClN4O. The maximum Gasteiger partial charge on any atom is 0.0912 e. The Morgan fingerprint density at radius 1 is 1.67 bits per heavy atom. The molecule has 5 nitrogen and oxygen atoms in total. The second kappa shape index (κ2) is 6.02. The zero-order valence-electron chi connectivity index (χ0n) is 11.2. The third-order valence-electron chi connectivity index (χ3n) is 3.54. The minimum Gasteiger partial charge on any atom is -0.374 e. The van der Waals surface area contributed by atoms with Crippen LogP contribution in [0.2, 0.25) is 5.02 Å². The van der Waals surface area contributed by atoms with Crippen LogP contribution >= 0.6 is 11.6 Å². The molecule has 6 heteroatoms. The normalized spacial score (nSPS) is 23.2. The Hall–Kier alpha value is -0.620. The first-order valence-corrected chi connectivity index (χ1v) is 6.73. The van der Waals surface area contributed by atoms with Gasteiger partial charge in [-0.2, -0.15) is 5.10 Å². The smallest absolute Gasteiger partial charge is 0.0912 e. The van der Waals surface area contributed by atoms with E-state index in [1.807, 2.05) is 18.8 Å². The third kappa shape index (κ3) is 2.69. The predicted molar refractivity (Wildman–Crippen MR) is 71.9 cm³/mol. The van der Waals surface area contributed by atoms with E-state index in [4.69, 9.17) is 16.3 Å². The average Bonchev–Trinajstić information content (AvgIpc) is 2.72. The van der Waals surface area contributed by atoms with E-state index in [0.717, 1.165) is 31.9 Å². The second-order valence-corrected chi connectivity index (χ2v) is 4.98. The van der Waals surface area contributed by atoms with Gasteiger partial charge < -0.3 is 10.1 Å².